The Morgan fingerprint density at radius 2 is 1.89 bits per heavy atom. The molecular weight excluding hydrogens is 382 g/mol. The van der Waals surface area contributed by atoms with Crippen LogP contribution in [-0.4, -0.2) is 52.4 Å². The molecule has 0 bridgehead atoms. The Hall–Kier alpha value is -2.49. The molecule has 0 atom stereocenters. The average molecular weight is 402 g/mol. The Labute approximate surface area is 166 Å². The summed E-state index contributed by atoms with van der Waals surface area (Å²) in [5, 5.41) is 0.663. The molecular formula is C19H20F2N6S. The number of rotatable bonds is 4. The maximum atomic E-state index is 15.1. The van der Waals surface area contributed by atoms with Gasteiger partial charge in [0.25, 0.3) is 0 Å². The molecule has 0 saturated carbocycles. The Morgan fingerprint density at radius 3 is 2.68 bits per heavy atom. The highest BCUT2D eigenvalue weighted by atomic mass is 32.2. The smallest absolute Gasteiger partial charge is 0.220 e. The van der Waals surface area contributed by atoms with Crippen molar-refractivity contribution in [3.63, 3.8) is 0 Å². The molecule has 0 radical (unpaired) electrons. The minimum absolute atomic E-state index is 0.0808. The van der Waals surface area contributed by atoms with E-state index in [0.29, 0.717) is 16.5 Å². The van der Waals surface area contributed by atoms with Crippen molar-refractivity contribution >= 4 is 34.7 Å². The van der Waals surface area contributed by atoms with E-state index in [4.69, 9.17) is 5.73 Å². The van der Waals surface area contributed by atoms with Crippen molar-refractivity contribution in [1.82, 2.24) is 19.2 Å². The molecule has 1 fully saturated rings. The summed E-state index contributed by atoms with van der Waals surface area (Å²) in [7, 11) is 2.07. The maximum absolute atomic E-state index is 15.1. The number of hydrogen-bond donors (Lipinski definition) is 2. The molecule has 9 heteroatoms. The van der Waals surface area contributed by atoms with Crippen LogP contribution in [0.25, 0.3) is 22.0 Å². The third kappa shape index (κ3) is 3.87. The molecule has 3 aromatic rings. The van der Waals surface area contributed by atoms with Crippen molar-refractivity contribution < 1.29 is 8.78 Å². The van der Waals surface area contributed by atoms with Gasteiger partial charge in [-0.3, -0.25) is 0 Å². The van der Waals surface area contributed by atoms with Crippen LogP contribution < -0.4 is 10.5 Å². The Morgan fingerprint density at radius 1 is 1.11 bits per heavy atom. The van der Waals surface area contributed by atoms with Crippen LogP contribution in [0.2, 0.25) is 0 Å². The standard InChI is InChI=1S/C19H20F2N6S/c1-26-6-8-27(9-7-26)28-25-16-5-3-14(20)17(18(16)21)12-2-4-15-13(10-12)11-23-19(22)24-15/h2-5,10-11,25H,6-9H2,1H3,(H2,22,23,24). The number of halogens is 2. The zero-order valence-electron chi connectivity index (χ0n) is 15.3. The van der Waals surface area contributed by atoms with Crippen LogP contribution >= 0.6 is 12.1 Å². The van der Waals surface area contributed by atoms with Gasteiger partial charge >= 0.3 is 0 Å². The first-order valence-electron chi connectivity index (χ1n) is 8.88. The zero-order valence-corrected chi connectivity index (χ0v) is 16.1. The number of fused-ring (bicyclic) bond motifs is 1. The van der Waals surface area contributed by atoms with Crippen LogP contribution in [0.1, 0.15) is 0 Å². The molecule has 3 N–H and O–H groups in total. The van der Waals surface area contributed by atoms with E-state index >= 15 is 4.39 Å². The maximum Gasteiger partial charge on any atom is 0.220 e. The van der Waals surface area contributed by atoms with Crippen LogP contribution in [0.5, 0.6) is 0 Å². The van der Waals surface area contributed by atoms with Crippen LogP contribution in [0.15, 0.2) is 36.5 Å². The molecule has 0 spiro atoms. The number of benzene rings is 2. The van der Waals surface area contributed by atoms with Gasteiger partial charge in [-0.1, -0.05) is 6.07 Å². The van der Waals surface area contributed by atoms with E-state index in [1.54, 1.807) is 24.4 Å². The largest absolute Gasteiger partial charge is 0.368 e. The summed E-state index contributed by atoms with van der Waals surface area (Å²) in [6.07, 6.45) is 1.54. The van der Waals surface area contributed by atoms with E-state index < -0.39 is 11.6 Å². The number of piperazine rings is 1. The minimum Gasteiger partial charge on any atom is -0.368 e. The lowest BCUT2D eigenvalue weighted by molar-refractivity contribution is 0.234. The average Bonchev–Trinajstić information content (AvgIpc) is 2.69. The first kappa shape index (κ1) is 18.9. The number of hydrogen-bond acceptors (Lipinski definition) is 7. The summed E-state index contributed by atoms with van der Waals surface area (Å²) in [5.41, 5.74) is 6.79. The zero-order chi connectivity index (χ0) is 19.7. The number of aromatic nitrogens is 2. The molecule has 2 aromatic carbocycles. The summed E-state index contributed by atoms with van der Waals surface area (Å²) in [5.74, 6) is -1.09. The molecule has 1 saturated heterocycles. The number of nitrogen functional groups attached to an aromatic ring is 1. The van der Waals surface area contributed by atoms with Gasteiger partial charge in [-0.15, -0.1) is 0 Å². The molecule has 1 aliphatic heterocycles. The predicted molar refractivity (Wildman–Crippen MR) is 110 cm³/mol. The normalized spacial score (nSPS) is 15.8. The number of nitrogens with zero attached hydrogens (tertiary/aromatic N) is 4. The summed E-state index contributed by atoms with van der Waals surface area (Å²) in [6.45, 7) is 3.65. The fourth-order valence-electron chi connectivity index (χ4n) is 3.09. The Kier molecular flexibility index (Phi) is 5.29. The summed E-state index contributed by atoms with van der Waals surface area (Å²) in [4.78, 5) is 10.3. The topological polar surface area (TPSA) is 70.3 Å². The summed E-state index contributed by atoms with van der Waals surface area (Å²) >= 11 is 1.34. The molecule has 1 aromatic heterocycles. The summed E-state index contributed by atoms with van der Waals surface area (Å²) < 4.78 is 34.7. The second kappa shape index (κ2) is 7.86. The van der Waals surface area contributed by atoms with E-state index in [9.17, 15) is 4.39 Å². The third-order valence-electron chi connectivity index (χ3n) is 4.73. The highest BCUT2D eigenvalue weighted by Gasteiger charge is 2.19. The van der Waals surface area contributed by atoms with Gasteiger partial charge in [0.15, 0.2) is 5.82 Å². The highest BCUT2D eigenvalue weighted by Crippen LogP contribution is 2.33. The number of nitrogens with two attached hydrogens (primary N) is 1. The Bertz CT molecular complexity index is 1010. The SMILES string of the molecule is CN1CCN(SNc2ccc(F)c(-c3ccc4nc(N)ncc4c3)c2F)CC1. The van der Waals surface area contributed by atoms with Crippen LogP contribution in [0.3, 0.4) is 0 Å². The van der Waals surface area contributed by atoms with Gasteiger partial charge in [0.2, 0.25) is 5.95 Å². The number of nitrogens with one attached hydrogen (secondary N) is 1. The molecule has 6 nitrogen and oxygen atoms in total. The summed E-state index contributed by atoms with van der Waals surface area (Å²) in [6, 6.07) is 7.67. The van der Waals surface area contributed by atoms with E-state index in [0.717, 1.165) is 26.2 Å². The van der Waals surface area contributed by atoms with Gasteiger partial charge in [0, 0.05) is 49.9 Å². The molecule has 1 aliphatic rings. The Balaban J connectivity index is 1.60. The van der Waals surface area contributed by atoms with Crippen LogP contribution in [0.4, 0.5) is 20.4 Å². The quantitative estimate of drug-likeness (QED) is 0.649. The molecule has 28 heavy (non-hydrogen) atoms. The van der Waals surface area contributed by atoms with Gasteiger partial charge in [-0.05, 0) is 36.9 Å². The fraction of sp³-hybridized carbons (Fsp3) is 0.263. The third-order valence-corrected chi connectivity index (χ3v) is 5.66. The van der Waals surface area contributed by atoms with Crippen molar-refractivity contribution in [1.29, 1.82) is 0 Å². The first-order chi connectivity index (χ1) is 13.5. The van der Waals surface area contributed by atoms with Gasteiger partial charge in [0.1, 0.15) is 5.82 Å². The molecule has 2 heterocycles. The lowest BCUT2D eigenvalue weighted by Gasteiger charge is -2.31. The molecule has 146 valence electrons. The molecule has 0 amide bonds. The van der Waals surface area contributed by atoms with Crippen molar-refractivity contribution in [3.8, 4) is 11.1 Å². The monoisotopic (exact) mass is 402 g/mol. The first-order valence-corrected chi connectivity index (χ1v) is 9.66. The van der Waals surface area contributed by atoms with E-state index in [1.807, 2.05) is 0 Å². The van der Waals surface area contributed by atoms with Gasteiger partial charge in [0.05, 0.1) is 16.8 Å². The second-order valence-corrected chi connectivity index (χ2v) is 7.61. The van der Waals surface area contributed by atoms with Crippen molar-refractivity contribution in [3.05, 3.63) is 48.2 Å². The number of likely N-dealkylation sites (N-methyl/N-ethyl adjacent to an activating group) is 1. The van der Waals surface area contributed by atoms with Gasteiger partial charge in [-0.2, -0.15) is 0 Å². The fourth-order valence-corrected chi connectivity index (χ4v) is 3.82. The van der Waals surface area contributed by atoms with E-state index in [1.165, 1.54) is 24.3 Å². The van der Waals surface area contributed by atoms with E-state index in [2.05, 4.69) is 30.9 Å². The van der Waals surface area contributed by atoms with Crippen LogP contribution in [-0.2, 0) is 0 Å². The lowest BCUT2D eigenvalue weighted by atomic mass is 10.0. The minimum atomic E-state index is -0.627. The van der Waals surface area contributed by atoms with Crippen molar-refractivity contribution in [2.75, 3.05) is 43.7 Å². The second-order valence-electron chi connectivity index (χ2n) is 6.71. The molecule has 4 rings (SSSR count). The van der Waals surface area contributed by atoms with Crippen molar-refractivity contribution in [2.24, 2.45) is 0 Å². The van der Waals surface area contributed by atoms with E-state index in [-0.39, 0.29) is 17.2 Å². The molecule has 0 unspecified atom stereocenters. The van der Waals surface area contributed by atoms with Gasteiger partial charge < -0.3 is 15.4 Å². The predicted octanol–water partition coefficient (Wildman–Crippen LogP) is 3.38. The van der Waals surface area contributed by atoms with Crippen molar-refractivity contribution in [2.45, 2.75) is 0 Å². The number of anilines is 2. The molecule has 0 aliphatic carbocycles. The van der Waals surface area contributed by atoms with Gasteiger partial charge in [-0.25, -0.2) is 23.1 Å². The highest BCUT2D eigenvalue weighted by molar-refractivity contribution is 7.98. The van der Waals surface area contributed by atoms with Crippen LogP contribution in [0, 0.1) is 11.6 Å². The lowest BCUT2D eigenvalue weighted by Crippen LogP contribution is -2.41.